The second kappa shape index (κ2) is 6.92. The number of carbonyl (C=O) groups is 1. The quantitative estimate of drug-likeness (QED) is 0.874. The molecule has 0 fully saturated rings. The highest BCUT2D eigenvalue weighted by Gasteiger charge is 2.06. The minimum atomic E-state index is -0.308. The van der Waals surface area contributed by atoms with Crippen LogP contribution in [0.5, 0.6) is 5.75 Å². The molecule has 2 aromatic rings. The van der Waals surface area contributed by atoms with Crippen LogP contribution >= 0.6 is 0 Å². The van der Waals surface area contributed by atoms with Crippen molar-refractivity contribution in [3.05, 3.63) is 71.4 Å². The van der Waals surface area contributed by atoms with E-state index in [1.54, 1.807) is 49.6 Å². The summed E-state index contributed by atoms with van der Waals surface area (Å²) >= 11 is 0. The summed E-state index contributed by atoms with van der Waals surface area (Å²) in [6.07, 6.45) is 1.61. The van der Waals surface area contributed by atoms with Gasteiger partial charge in [0.25, 0.3) is 5.91 Å². The number of nitrogens with one attached hydrogen (secondary N) is 1. The molecule has 0 aliphatic carbocycles. The fraction of sp³-hybridized carbons (Fsp3) is 0.0588. The summed E-state index contributed by atoms with van der Waals surface area (Å²) in [5, 5.41) is 11.7. The first kappa shape index (κ1) is 14.4. The third-order valence-corrected chi connectivity index (χ3v) is 2.83. The average molecular weight is 278 g/mol. The number of benzene rings is 2. The first-order valence-electron chi connectivity index (χ1n) is 6.35. The highest BCUT2D eigenvalue weighted by atomic mass is 16.5. The maximum atomic E-state index is 12.0. The van der Waals surface area contributed by atoms with Crippen LogP contribution in [-0.4, -0.2) is 13.0 Å². The Labute approximate surface area is 123 Å². The van der Waals surface area contributed by atoms with E-state index in [9.17, 15) is 4.79 Å². The van der Waals surface area contributed by atoms with Gasteiger partial charge in [0, 0.05) is 5.56 Å². The number of nitriles is 1. The maximum absolute atomic E-state index is 12.0. The smallest absolute Gasteiger partial charge is 0.256 e. The molecule has 4 nitrogen and oxygen atoms in total. The molecule has 0 bridgehead atoms. The van der Waals surface area contributed by atoms with Crippen molar-refractivity contribution >= 4 is 12.0 Å². The summed E-state index contributed by atoms with van der Waals surface area (Å²) in [5.74, 6) is 0.427. The summed E-state index contributed by atoms with van der Waals surface area (Å²) in [5.41, 5.74) is 1.50. The molecule has 0 aliphatic heterocycles. The minimum Gasteiger partial charge on any atom is -0.497 e. The molecular weight excluding hydrogens is 264 g/mol. The molecule has 0 unspecified atom stereocenters. The Morgan fingerprint density at radius 2 is 1.81 bits per heavy atom. The fourth-order valence-electron chi connectivity index (χ4n) is 1.75. The van der Waals surface area contributed by atoms with E-state index in [1.165, 1.54) is 0 Å². The molecule has 0 spiro atoms. The molecule has 0 radical (unpaired) electrons. The van der Waals surface area contributed by atoms with E-state index in [4.69, 9.17) is 10.00 Å². The van der Waals surface area contributed by atoms with E-state index >= 15 is 0 Å². The minimum absolute atomic E-state index is 0.189. The number of allylic oxidation sites excluding steroid dienone is 1. The monoisotopic (exact) mass is 278 g/mol. The molecular formula is C17H14N2O2. The molecule has 0 aromatic heterocycles. The molecule has 0 atom stereocenters. The molecule has 2 rings (SSSR count). The van der Waals surface area contributed by atoms with Crippen molar-refractivity contribution in [3.8, 4) is 11.8 Å². The van der Waals surface area contributed by atoms with Gasteiger partial charge in [0.1, 0.15) is 17.5 Å². The lowest BCUT2D eigenvalue weighted by molar-refractivity contribution is 0.0968. The standard InChI is InChI=1S/C17H14N2O2/c1-21-16-9-7-13(8-10-16)11-15(12-18)19-17(20)14-5-3-2-4-6-14/h2-11H,1H3,(H,19,20). The predicted octanol–water partition coefficient (Wildman–Crippen LogP) is 2.99. The maximum Gasteiger partial charge on any atom is 0.256 e. The van der Waals surface area contributed by atoms with Gasteiger partial charge in [0.2, 0.25) is 0 Å². The molecule has 0 aliphatic rings. The van der Waals surface area contributed by atoms with Gasteiger partial charge >= 0.3 is 0 Å². The highest BCUT2D eigenvalue weighted by molar-refractivity contribution is 5.96. The van der Waals surface area contributed by atoms with Crippen LogP contribution in [0.1, 0.15) is 15.9 Å². The van der Waals surface area contributed by atoms with Crippen LogP contribution in [0.25, 0.3) is 6.08 Å². The predicted molar refractivity (Wildman–Crippen MR) is 80.5 cm³/mol. The fourth-order valence-corrected chi connectivity index (χ4v) is 1.75. The third-order valence-electron chi connectivity index (χ3n) is 2.83. The zero-order chi connectivity index (χ0) is 15.1. The summed E-state index contributed by atoms with van der Waals surface area (Å²) in [4.78, 5) is 12.0. The SMILES string of the molecule is COc1ccc(C=C(C#N)NC(=O)c2ccccc2)cc1. The first-order valence-corrected chi connectivity index (χ1v) is 6.35. The lowest BCUT2D eigenvalue weighted by atomic mass is 10.1. The van der Waals surface area contributed by atoms with Gasteiger partial charge in [-0.1, -0.05) is 30.3 Å². The van der Waals surface area contributed by atoms with Crippen LogP contribution in [0, 0.1) is 11.3 Å². The van der Waals surface area contributed by atoms with Gasteiger partial charge in [-0.2, -0.15) is 5.26 Å². The largest absolute Gasteiger partial charge is 0.497 e. The third kappa shape index (κ3) is 3.95. The Hall–Kier alpha value is -3.06. The lowest BCUT2D eigenvalue weighted by Crippen LogP contribution is -2.21. The molecule has 0 saturated carbocycles. The van der Waals surface area contributed by atoms with Crippen molar-refractivity contribution in [1.29, 1.82) is 5.26 Å². The summed E-state index contributed by atoms with van der Waals surface area (Å²) in [6.45, 7) is 0. The number of hydrogen-bond donors (Lipinski definition) is 1. The number of rotatable bonds is 4. The van der Waals surface area contributed by atoms with Gasteiger partial charge in [0.15, 0.2) is 0 Å². The van der Waals surface area contributed by atoms with Crippen molar-refractivity contribution in [3.63, 3.8) is 0 Å². The van der Waals surface area contributed by atoms with Gasteiger partial charge in [-0.25, -0.2) is 0 Å². The van der Waals surface area contributed by atoms with Crippen LogP contribution in [0.15, 0.2) is 60.3 Å². The van der Waals surface area contributed by atoms with Gasteiger partial charge in [0.05, 0.1) is 7.11 Å². The number of nitrogens with zero attached hydrogens (tertiary/aromatic N) is 1. The highest BCUT2D eigenvalue weighted by Crippen LogP contribution is 2.13. The zero-order valence-electron chi connectivity index (χ0n) is 11.5. The van der Waals surface area contributed by atoms with Crippen LogP contribution in [0.2, 0.25) is 0 Å². The number of amides is 1. The van der Waals surface area contributed by atoms with E-state index in [2.05, 4.69) is 5.32 Å². The van der Waals surface area contributed by atoms with E-state index in [0.717, 1.165) is 11.3 Å². The molecule has 1 N–H and O–H groups in total. The van der Waals surface area contributed by atoms with Gasteiger partial charge in [-0.3, -0.25) is 4.79 Å². The van der Waals surface area contributed by atoms with Crippen molar-refractivity contribution in [2.45, 2.75) is 0 Å². The van der Waals surface area contributed by atoms with Crippen molar-refractivity contribution in [2.75, 3.05) is 7.11 Å². The number of hydrogen-bond acceptors (Lipinski definition) is 3. The Bertz CT molecular complexity index is 683. The second-order valence-electron chi connectivity index (χ2n) is 4.26. The van der Waals surface area contributed by atoms with Crippen molar-refractivity contribution < 1.29 is 9.53 Å². The Kier molecular flexibility index (Phi) is 4.73. The van der Waals surface area contributed by atoms with Crippen molar-refractivity contribution in [2.24, 2.45) is 0 Å². The second-order valence-corrected chi connectivity index (χ2v) is 4.26. The molecule has 4 heteroatoms. The molecule has 2 aromatic carbocycles. The van der Waals surface area contributed by atoms with Crippen LogP contribution in [-0.2, 0) is 0 Å². The Morgan fingerprint density at radius 3 is 2.38 bits per heavy atom. The number of ether oxygens (including phenoxy) is 1. The van der Waals surface area contributed by atoms with E-state index < -0.39 is 0 Å². The van der Waals surface area contributed by atoms with E-state index in [-0.39, 0.29) is 11.6 Å². The Balaban J connectivity index is 2.14. The molecule has 104 valence electrons. The summed E-state index contributed by atoms with van der Waals surface area (Å²) in [7, 11) is 1.59. The Morgan fingerprint density at radius 1 is 1.14 bits per heavy atom. The van der Waals surface area contributed by atoms with Crippen LogP contribution in [0.4, 0.5) is 0 Å². The van der Waals surface area contributed by atoms with Gasteiger partial charge < -0.3 is 10.1 Å². The van der Waals surface area contributed by atoms with Gasteiger partial charge in [-0.15, -0.1) is 0 Å². The van der Waals surface area contributed by atoms with E-state index in [1.807, 2.05) is 24.3 Å². The van der Waals surface area contributed by atoms with Crippen LogP contribution in [0.3, 0.4) is 0 Å². The number of carbonyl (C=O) groups excluding carboxylic acids is 1. The summed E-state index contributed by atoms with van der Waals surface area (Å²) < 4.78 is 5.07. The molecule has 21 heavy (non-hydrogen) atoms. The molecule has 0 saturated heterocycles. The van der Waals surface area contributed by atoms with Gasteiger partial charge in [-0.05, 0) is 35.9 Å². The van der Waals surface area contributed by atoms with Crippen LogP contribution < -0.4 is 10.1 Å². The van der Waals surface area contributed by atoms with E-state index in [0.29, 0.717) is 5.56 Å². The summed E-state index contributed by atoms with van der Waals surface area (Å²) in [6, 6.07) is 17.9. The lowest BCUT2D eigenvalue weighted by Gasteiger charge is -2.04. The average Bonchev–Trinajstić information content (AvgIpc) is 2.55. The molecule has 0 heterocycles. The topological polar surface area (TPSA) is 62.1 Å². The first-order chi connectivity index (χ1) is 10.2. The number of methoxy groups -OCH3 is 1. The molecule has 1 amide bonds. The van der Waals surface area contributed by atoms with Crippen molar-refractivity contribution in [1.82, 2.24) is 5.32 Å². The zero-order valence-corrected chi connectivity index (χ0v) is 11.5. The normalized spacial score (nSPS) is 10.6.